The second-order valence-electron chi connectivity index (χ2n) is 5.78. The summed E-state index contributed by atoms with van der Waals surface area (Å²) in [5.41, 5.74) is -0.467. The van der Waals surface area contributed by atoms with Crippen LogP contribution < -0.4 is 16.0 Å². The third-order valence-electron chi connectivity index (χ3n) is 3.68. The third kappa shape index (κ3) is 6.52. The number of likely N-dealkylation sites (N-methyl/N-ethyl adjacent to an activating group) is 1. The zero-order valence-electron chi connectivity index (χ0n) is 15.3. The quantitative estimate of drug-likeness (QED) is 0.611. The highest BCUT2D eigenvalue weighted by Crippen LogP contribution is 2.31. The molecule has 10 heteroatoms. The Kier molecular flexibility index (Phi) is 7.18. The molecular formula is C19H18F3N3O4. The maximum absolute atomic E-state index is 12.9. The number of carbonyl (C=O) groups is 3. The maximum atomic E-state index is 12.9. The Labute approximate surface area is 164 Å². The number of alkyl halides is 3. The van der Waals surface area contributed by atoms with E-state index in [4.69, 9.17) is 4.74 Å². The lowest BCUT2D eigenvalue weighted by Crippen LogP contribution is -2.37. The summed E-state index contributed by atoms with van der Waals surface area (Å²) in [5, 5.41) is 7.33. The van der Waals surface area contributed by atoms with Crippen molar-refractivity contribution in [1.82, 2.24) is 10.6 Å². The zero-order chi connectivity index (χ0) is 21.4. The molecule has 0 aliphatic heterocycles. The van der Waals surface area contributed by atoms with Crippen LogP contribution in [-0.4, -0.2) is 38.0 Å². The largest absolute Gasteiger partial charge is 0.452 e. The van der Waals surface area contributed by atoms with Gasteiger partial charge in [-0.25, -0.2) is 4.79 Å². The Hall–Kier alpha value is -3.56. The fourth-order valence-corrected chi connectivity index (χ4v) is 2.23. The molecule has 0 aliphatic carbocycles. The normalized spacial score (nSPS) is 10.8. The van der Waals surface area contributed by atoms with Gasteiger partial charge in [-0.2, -0.15) is 13.2 Å². The van der Waals surface area contributed by atoms with E-state index < -0.39 is 36.1 Å². The molecule has 2 rings (SSSR count). The van der Waals surface area contributed by atoms with Crippen LogP contribution in [0.25, 0.3) is 0 Å². The summed E-state index contributed by atoms with van der Waals surface area (Å²) in [5.74, 6) is -1.94. The number of esters is 1. The molecule has 0 radical (unpaired) electrons. The molecule has 0 atom stereocenters. The van der Waals surface area contributed by atoms with Crippen molar-refractivity contribution in [2.75, 3.05) is 25.5 Å². The summed E-state index contributed by atoms with van der Waals surface area (Å²) in [6.07, 6.45) is -4.50. The van der Waals surface area contributed by atoms with E-state index in [1.807, 2.05) is 0 Å². The number of para-hydroxylation sites is 1. The highest BCUT2D eigenvalue weighted by molar-refractivity contribution is 5.97. The highest BCUT2D eigenvalue weighted by Gasteiger charge is 2.30. The molecule has 0 heterocycles. The van der Waals surface area contributed by atoms with Gasteiger partial charge in [0.05, 0.1) is 23.4 Å². The number of benzene rings is 2. The molecule has 7 nitrogen and oxygen atoms in total. The van der Waals surface area contributed by atoms with Gasteiger partial charge in [0, 0.05) is 12.7 Å². The second-order valence-corrected chi connectivity index (χ2v) is 5.78. The van der Waals surface area contributed by atoms with Gasteiger partial charge in [0.1, 0.15) is 0 Å². The van der Waals surface area contributed by atoms with Crippen molar-refractivity contribution in [3.8, 4) is 0 Å². The number of nitrogens with one attached hydrogen (secondary N) is 3. The Balaban J connectivity index is 2.06. The molecule has 0 saturated heterocycles. The summed E-state index contributed by atoms with van der Waals surface area (Å²) in [6.45, 7) is -0.881. The monoisotopic (exact) mass is 409 g/mol. The van der Waals surface area contributed by atoms with Crippen LogP contribution in [0.3, 0.4) is 0 Å². The smallest absolute Gasteiger partial charge is 0.416 e. The molecule has 2 aromatic carbocycles. The number of carbonyl (C=O) groups excluding carboxylic acids is 3. The first kappa shape index (κ1) is 21.7. The first-order valence-electron chi connectivity index (χ1n) is 8.38. The molecule has 0 fully saturated rings. The number of hydrogen-bond acceptors (Lipinski definition) is 5. The van der Waals surface area contributed by atoms with E-state index in [0.29, 0.717) is 0 Å². The Morgan fingerprint density at radius 1 is 1.00 bits per heavy atom. The molecule has 0 spiro atoms. The minimum atomic E-state index is -4.50. The lowest BCUT2D eigenvalue weighted by Gasteiger charge is -2.13. The van der Waals surface area contributed by atoms with Gasteiger partial charge in [0.15, 0.2) is 6.61 Å². The van der Waals surface area contributed by atoms with Crippen molar-refractivity contribution in [3.05, 3.63) is 59.7 Å². The van der Waals surface area contributed by atoms with Crippen LogP contribution in [-0.2, 0) is 20.5 Å². The lowest BCUT2D eigenvalue weighted by molar-refractivity contribution is -0.137. The van der Waals surface area contributed by atoms with Crippen LogP contribution in [0, 0.1) is 0 Å². The number of anilines is 2. The van der Waals surface area contributed by atoms with Crippen LogP contribution in [0.5, 0.6) is 0 Å². The van der Waals surface area contributed by atoms with E-state index in [9.17, 15) is 27.6 Å². The van der Waals surface area contributed by atoms with Crippen molar-refractivity contribution in [3.63, 3.8) is 0 Å². The average molecular weight is 409 g/mol. The van der Waals surface area contributed by atoms with Crippen LogP contribution in [0.4, 0.5) is 24.5 Å². The highest BCUT2D eigenvalue weighted by atomic mass is 19.4. The summed E-state index contributed by atoms with van der Waals surface area (Å²) in [6, 6.07) is 10.5. The van der Waals surface area contributed by atoms with Crippen molar-refractivity contribution >= 4 is 29.2 Å². The number of rotatable bonds is 7. The fraction of sp³-hybridized carbons (Fsp3) is 0.211. The predicted octanol–water partition coefficient (Wildman–Crippen LogP) is 2.47. The van der Waals surface area contributed by atoms with Gasteiger partial charge in [0.25, 0.3) is 5.91 Å². The summed E-state index contributed by atoms with van der Waals surface area (Å²) < 4.78 is 43.5. The first-order valence-corrected chi connectivity index (χ1v) is 8.38. The van der Waals surface area contributed by atoms with Gasteiger partial charge in [-0.05, 0) is 30.3 Å². The van der Waals surface area contributed by atoms with E-state index in [2.05, 4.69) is 16.0 Å². The van der Waals surface area contributed by atoms with Crippen LogP contribution >= 0.6 is 0 Å². The standard InChI is InChI=1S/C19H18F3N3O4/c1-23-16(26)10-24-17(27)11-29-18(28)14-7-2-3-8-15(14)25-13-6-4-5-12(9-13)19(20,21)22/h2-9,25H,10-11H2,1H3,(H,23,26)(H,24,27). The van der Waals surface area contributed by atoms with Crippen molar-refractivity contribution in [2.24, 2.45) is 0 Å². The topological polar surface area (TPSA) is 96.5 Å². The fourth-order valence-electron chi connectivity index (χ4n) is 2.23. The molecule has 0 aliphatic rings. The third-order valence-corrected chi connectivity index (χ3v) is 3.68. The average Bonchev–Trinajstić information content (AvgIpc) is 2.70. The SMILES string of the molecule is CNC(=O)CNC(=O)COC(=O)c1ccccc1Nc1cccc(C(F)(F)F)c1. The second kappa shape index (κ2) is 9.58. The number of halogens is 3. The maximum Gasteiger partial charge on any atom is 0.416 e. The molecule has 29 heavy (non-hydrogen) atoms. The number of hydrogen-bond donors (Lipinski definition) is 3. The number of amides is 2. The van der Waals surface area contributed by atoms with Gasteiger partial charge in [-0.3, -0.25) is 9.59 Å². The van der Waals surface area contributed by atoms with Crippen molar-refractivity contribution in [2.45, 2.75) is 6.18 Å². The number of ether oxygens (including phenoxy) is 1. The van der Waals surface area contributed by atoms with Gasteiger partial charge in [-0.1, -0.05) is 18.2 Å². The summed E-state index contributed by atoms with van der Waals surface area (Å²) in [7, 11) is 1.41. The molecule has 3 N–H and O–H groups in total. The molecule has 2 aromatic rings. The van der Waals surface area contributed by atoms with Crippen molar-refractivity contribution < 1.29 is 32.3 Å². The molecule has 0 aromatic heterocycles. The summed E-state index contributed by atoms with van der Waals surface area (Å²) in [4.78, 5) is 35.0. The van der Waals surface area contributed by atoms with Gasteiger partial charge in [-0.15, -0.1) is 0 Å². The van der Waals surface area contributed by atoms with Crippen LogP contribution in [0.15, 0.2) is 48.5 Å². The Bertz CT molecular complexity index is 900. The summed E-state index contributed by atoms with van der Waals surface area (Å²) >= 11 is 0. The van der Waals surface area contributed by atoms with Gasteiger partial charge in [0.2, 0.25) is 5.91 Å². The molecular weight excluding hydrogens is 391 g/mol. The van der Waals surface area contributed by atoms with E-state index in [1.54, 1.807) is 12.1 Å². The van der Waals surface area contributed by atoms with Crippen molar-refractivity contribution in [1.29, 1.82) is 0 Å². The Morgan fingerprint density at radius 2 is 1.72 bits per heavy atom. The minimum absolute atomic E-state index is 0.0315. The minimum Gasteiger partial charge on any atom is -0.452 e. The lowest BCUT2D eigenvalue weighted by atomic mass is 10.1. The molecule has 0 bridgehead atoms. The predicted molar refractivity (Wildman–Crippen MR) is 98.5 cm³/mol. The van der Waals surface area contributed by atoms with E-state index >= 15 is 0 Å². The van der Waals surface area contributed by atoms with Crippen LogP contribution in [0.2, 0.25) is 0 Å². The molecule has 2 amide bonds. The van der Waals surface area contributed by atoms with E-state index in [1.165, 1.54) is 31.3 Å². The first-order chi connectivity index (χ1) is 13.7. The van der Waals surface area contributed by atoms with Gasteiger partial charge >= 0.3 is 12.1 Å². The van der Waals surface area contributed by atoms with Gasteiger partial charge < -0.3 is 20.7 Å². The molecule has 0 saturated carbocycles. The Morgan fingerprint density at radius 3 is 2.41 bits per heavy atom. The van der Waals surface area contributed by atoms with E-state index in [0.717, 1.165) is 12.1 Å². The van der Waals surface area contributed by atoms with Crippen LogP contribution in [0.1, 0.15) is 15.9 Å². The molecule has 154 valence electrons. The molecule has 0 unspecified atom stereocenters. The zero-order valence-corrected chi connectivity index (χ0v) is 15.3. The van der Waals surface area contributed by atoms with E-state index in [-0.39, 0.29) is 23.5 Å².